The van der Waals surface area contributed by atoms with Crippen LogP contribution in [-0.2, 0) is 14.8 Å². The highest BCUT2D eigenvalue weighted by molar-refractivity contribution is 7.93. The minimum Gasteiger partial charge on any atom is -0.271 e. The number of rotatable bonds is 8. The monoisotopic (exact) mass is 458 g/mol. The number of hydrogen-bond donors (Lipinski definition) is 1. The van der Waals surface area contributed by atoms with E-state index < -0.39 is 38.0 Å². The topological polar surface area (TPSA) is 122 Å². The van der Waals surface area contributed by atoms with Gasteiger partial charge in [0.2, 0.25) is 0 Å². The highest BCUT2D eigenvalue weighted by Crippen LogP contribution is 2.29. The zero-order chi connectivity index (χ0) is 22.4. The summed E-state index contributed by atoms with van der Waals surface area (Å²) in [6.45, 7) is 1.29. The number of hydrogen-bond acceptors (Lipinski definition) is 7. The molecule has 0 saturated heterocycles. The molecular weight excluding hydrogens is 440 g/mol. The molecule has 1 amide bonds. The summed E-state index contributed by atoms with van der Waals surface area (Å²) in [6.07, 6.45) is 1.47. The van der Waals surface area contributed by atoms with E-state index in [4.69, 9.17) is 0 Å². The van der Waals surface area contributed by atoms with E-state index in [1.807, 2.05) is 18.4 Å². The molecular formula is C20H18N4O5S2. The second-order valence-electron chi connectivity index (χ2n) is 6.33. The van der Waals surface area contributed by atoms with Crippen LogP contribution in [0.2, 0.25) is 0 Å². The summed E-state index contributed by atoms with van der Waals surface area (Å²) in [5.74, 6) is -0.698. The lowest BCUT2D eigenvalue weighted by Gasteiger charge is -2.23. The first kappa shape index (κ1) is 22.1. The van der Waals surface area contributed by atoms with Crippen molar-refractivity contribution in [2.45, 2.75) is 11.8 Å². The van der Waals surface area contributed by atoms with Gasteiger partial charge in [0.05, 0.1) is 16.8 Å². The summed E-state index contributed by atoms with van der Waals surface area (Å²) in [4.78, 5) is 23.4. The number of anilines is 1. The van der Waals surface area contributed by atoms with E-state index in [-0.39, 0.29) is 5.69 Å². The summed E-state index contributed by atoms with van der Waals surface area (Å²) in [5, 5.41) is 17.1. The van der Waals surface area contributed by atoms with Gasteiger partial charge in [-0.15, -0.1) is 11.3 Å². The van der Waals surface area contributed by atoms with Gasteiger partial charge in [-0.05, 0) is 42.1 Å². The summed E-state index contributed by atoms with van der Waals surface area (Å²) < 4.78 is 27.4. The molecule has 0 aliphatic heterocycles. The number of nitro benzene ring substituents is 1. The van der Waals surface area contributed by atoms with Crippen molar-refractivity contribution in [2.24, 2.45) is 5.10 Å². The highest BCUT2D eigenvalue weighted by Gasteiger charge is 2.32. The Morgan fingerprint density at radius 2 is 1.84 bits per heavy atom. The van der Waals surface area contributed by atoms with Crippen molar-refractivity contribution in [2.75, 3.05) is 10.8 Å². The van der Waals surface area contributed by atoms with Crippen LogP contribution in [0.5, 0.6) is 0 Å². The zero-order valence-corrected chi connectivity index (χ0v) is 18.0. The number of aryl methyl sites for hydroxylation is 1. The fourth-order valence-corrected chi connectivity index (χ4v) is 5.07. The highest BCUT2D eigenvalue weighted by atomic mass is 32.2. The third-order valence-corrected chi connectivity index (χ3v) is 7.01. The van der Waals surface area contributed by atoms with Crippen molar-refractivity contribution >= 4 is 44.9 Å². The minimum atomic E-state index is -4.42. The molecule has 0 aliphatic carbocycles. The Bertz CT molecular complexity index is 1220. The molecule has 0 aliphatic rings. The predicted molar refractivity (Wildman–Crippen MR) is 119 cm³/mol. The van der Waals surface area contributed by atoms with Crippen LogP contribution in [0.1, 0.15) is 10.4 Å². The molecule has 1 N–H and O–H groups in total. The van der Waals surface area contributed by atoms with Crippen molar-refractivity contribution < 1.29 is 18.1 Å². The normalized spacial score (nSPS) is 11.4. The van der Waals surface area contributed by atoms with Crippen molar-refractivity contribution in [3.8, 4) is 0 Å². The fraction of sp³-hybridized carbons (Fsp3) is 0.100. The number of amides is 1. The maximum atomic E-state index is 13.3. The molecule has 1 aromatic heterocycles. The van der Waals surface area contributed by atoms with Crippen molar-refractivity contribution in [1.82, 2.24) is 5.43 Å². The lowest BCUT2D eigenvalue weighted by molar-refractivity contribution is -0.387. The molecule has 160 valence electrons. The quantitative estimate of drug-likeness (QED) is 0.315. The molecule has 0 spiro atoms. The average Bonchev–Trinajstić information content (AvgIpc) is 3.17. The van der Waals surface area contributed by atoms with Gasteiger partial charge in [-0.1, -0.05) is 30.3 Å². The van der Waals surface area contributed by atoms with Gasteiger partial charge < -0.3 is 0 Å². The third-order valence-electron chi connectivity index (χ3n) is 4.23. The molecule has 9 nitrogen and oxygen atoms in total. The standard InChI is InChI=1S/C20H18N4O5S2/c1-15-11-12-30-18(15)13-21-22-20(25)14-23(16-7-3-2-4-8-16)31(28,29)19-10-6-5-9-17(19)24(26)27/h2-13H,14H2,1H3,(H,22,25)/b21-13-. The van der Waals surface area contributed by atoms with E-state index in [1.54, 1.807) is 18.2 Å². The molecule has 0 fully saturated rings. The maximum Gasteiger partial charge on any atom is 0.289 e. The number of thiophene rings is 1. The molecule has 3 rings (SSSR count). The molecule has 11 heteroatoms. The molecule has 0 radical (unpaired) electrons. The second-order valence-corrected chi connectivity index (χ2v) is 9.11. The summed E-state index contributed by atoms with van der Waals surface area (Å²) in [6, 6.07) is 14.8. The van der Waals surface area contributed by atoms with E-state index in [0.717, 1.165) is 26.9 Å². The van der Waals surface area contributed by atoms with Crippen LogP contribution >= 0.6 is 11.3 Å². The predicted octanol–water partition coefficient (Wildman–Crippen LogP) is 3.31. The van der Waals surface area contributed by atoms with E-state index in [0.29, 0.717) is 0 Å². The Morgan fingerprint density at radius 3 is 2.48 bits per heavy atom. The van der Waals surface area contributed by atoms with E-state index >= 15 is 0 Å². The molecule has 0 unspecified atom stereocenters. The third kappa shape index (κ3) is 5.13. The van der Waals surface area contributed by atoms with Gasteiger partial charge in [0.25, 0.3) is 21.6 Å². The van der Waals surface area contributed by atoms with Gasteiger partial charge in [-0.2, -0.15) is 5.10 Å². The van der Waals surface area contributed by atoms with Crippen molar-refractivity contribution in [3.05, 3.63) is 86.6 Å². The Labute approximate surface area is 182 Å². The molecule has 2 aromatic carbocycles. The van der Waals surface area contributed by atoms with E-state index in [1.165, 1.54) is 41.8 Å². The number of para-hydroxylation sites is 2. The number of nitrogens with one attached hydrogen (secondary N) is 1. The van der Waals surface area contributed by atoms with Gasteiger partial charge in [-0.25, -0.2) is 13.8 Å². The van der Waals surface area contributed by atoms with Crippen LogP contribution in [0.3, 0.4) is 0 Å². The van der Waals surface area contributed by atoms with Gasteiger partial charge in [0, 0.05) is 10.9 Å². The molecule has 1 heterocycles. The molecule has 3 aromatic rings. The average molecular weight is 459 g/mol. The Kier molecular flexibility index (Phi) is 6.78. The van der Waals surface area contributed by atoms with Crippen LogP contribution in [0.25, 0.3) is 0 Å². The number of carbonyl (C=O) groups is 1. The molecule has 0 atom stereocenters. The number of nitrogens with zero attached hydrogens (tertiary/aromatic N) is 3. The largest absolute Gasteiger partial charge is 0.289 e. The summed E-state index contributed by atoms with van der Waals surface area (Å²) in [5.41, 5.74) is 2.91. The van der Waals surface area contributed by atoms with Crippen LogP contribution in [0.4, 0.5) is 11.4 Å². The van der Waals surface area contributed by atoms with Crippen LogP contribution < -0.4 is 9.73 Å². The minimum absolute atomic E-state index is 0.189. The van der Waals surface area contributed by atoms with Gasteiger partial charge in [-0.3, -0.25) is 19.2 Å². The number of carbonyl (C=O) groups excluding carboxylic acids is 1. The Morgan fingerprint density at radius 1 is 1.16 bits per heavy atom. The number of benzene rings is 2. The first-order valence-electron chi connectivity index (χ1n) is 8.98. The van der Waals surface area contributed by atoms with Crippen LogP contribution in [-0.4, -0.2) is 32.0 Å². The lowest BCUT2D eigenvalue weighted by atomic mass is 10.3. The van der Waals surface area contributed by atoms with Crippen molar-refractivity contribution in [1.29, 1.82) is 0 Å². The lowest BCUT2D eigenvalue weighted by Crippen LogP contribution is -2.39. The summed E-state index contributed by atoms with van der Waals surface area (Å²) >= 11 is 1.45. The van der Waals surface area contributed by atoms with E-state index in [2.05, 4.69) is 10.5 Å². The number of hydrazone groups is 1. The fourth-order valence-electron chi connectivity index (χ4n) is 2.70. The second kappa shape index (κ2) is 9.49. The van der Waals surface area contributed by atoms with Crippen LogP contribution in [0, 0.1) is 17.0 Å². The molecule has 31 heavy (non-hydrogen) atoms. The first-order valence-corrected chi connectivity index (χ1v) is 11.3. The van der Waals surface area contributed by atoms with Gasteiger partial charge in [0.15, 0.2) is 4.90 Å². The van der Waals surface area contributed by atoms with Gasteiger partial charge >= 0.3 is 0 Å². The molecule has 0 bridgehead atoms. The van der Waals surface area contributed by atoms with E-state index in [9.17, 15) is 23.3 Å². The Hall–Kier alpha value is -3.57. The number of nitro groups is 1. The zero-order valence-electron chi connectivity index (χ0n) is 16.3. The molecule has 0 saturated carbocycles. The maximum absolute atomic E-state index is 13.3. The first-order chi connectivity index (χ1) is 14.8. The smallest absolute Gasteiger partial charge is 0.271 e. The Balaban J connectivity index is 1.91. The van der Waals surface area contributed by atoms with Crippen molar-refractivity contribution in [3.63, 3.8) is 0 Å². The van der Waals surface area contributed by atoms with Crippen LogP contribution in [0.15, 0.2) is 76.0 Å². The van der Waals surface area contributed by atoms with Gasteiger partial charge in [0.1, 0.15) is 6.54 Å². The SMILES string of the molecule is Cc1ccsc1/C=N\NC(=O)CN(c1ccccc1)S(=O)(=O)c1ccccc1[N+](=O)[O-]. The summed E-state index contributed by atoms with van der Waals surface area (Å²) in [7, 11) is -4.42. The number of sulfonamides is 1.